The molecule has 1 fully saturated rings. The first-order valence-electron chi connectivity index (χ1n) is 8.42. The number of carbonyl (C=O) groups is 1. The van der Waals surface area contributed by atoms with Gasteiger partial charge in [0.15, 0.2) is 5.76 Å². The fourth-order valence-electron chi connectivity index (χ4n) is 3.01. The molecule has 2 heterocycles. The molecule has 0 N–H and O–H groups in total. The van der Waals surface area contributed by atoms with Gasteiger partial charge in [-0.15, -0.1) is 0 Å². The summed E-state index contributed by atoms with van der Waals surface area (Å²) in [4.78, 5) is 16.7. The minimum atomic E-state index is -0.0524. The number of rotatable bonds is 6. The molecule has 1 saturated heterocycles. The number of benzene rings is 1. The van der Waals surface area contributed by atoms with E-state index in [0.29, 0.717) is 31.2 Å². The smallest absolute Gasteiger partial charge is 0.289 e. The van der Waals surface area contributed by atoms with Crippen molar-refractivity contribution in [1.29, 1.82) is 0 Å². The summed E-state index contributed by atoms with van der Waals surface area (Å²) in [5, 5.41) is 0. The molecule has 1 aromatic heterocycles. The van der Waals surface area contributed by atoms with Crippen molar-refractivity contribution in [3.8, 4) is 5.75 Å². The Bertz CT molecular complexity index is 705. The normalized spacial score (nSPS) is 15.4. The number of amides is 1. The van der Waals surface area contributed by atoms with E-state index in [1.54, 1.807) is 26.4 Å². The van der Waals surface area contributed by atoms with E-state index in [0.717, 1.165) is 25.4 Å². The molecule has 0 bridgehead atoms. The number of hydrogen-bond donors (Lipinski definition) is 0. The fraction of sp³-hybridized carbons (Fsp3) is 0.421. The lowest BCUT2D eigenvalue weighted by Gasteiger charge is -2.34. The third-order valence-electron chi connectivity index (χ3n) is 4.36. The van der Waals surface area contributed by atoms with Crippen LogP contribution in [0, 0.1) is 0 Å². The van der Waals surface area contributed by atoms with E-state index >= 15 is 0 Å². The molecule has 0 spiro atoms. The first-order chi connectivity index (χ1) is 12.2. The highest BCUT2D eigenvalue weighted by Gasteiger charge is 2.24. The van der Waals surface area contributed by atoms with E-state index in [1.807, 2.05) is 17.0 Å². The van der Waals surface area contributed by atoms with E-state index in [9.17, 15) is 4.79 Å². The van der Waals surface area contributed by atoms with Gasteiger partial charge in [-0.05, 0) is 29.8 Å². The maximum atomic E-state index is 12.5. The van der Waals surface area contributed by atoms with Crippen molar-refractivity contribution >= 4 is 5.91 Å². The molecule has 0 saturated carbocycles. The molecule has 134 valence electrons. The van der Waals surface area contributed by atoms with Gasteiger partial charge in [0, 0.05) is 39.8 Å². The molecule has 1 amide bonds. The average Bonchev–Trinajstić information content (AvgIpc) is 3.11. The second-order valence-corrected chi connectivity index (χ2v) is 6.12. The lowest BCUT2D eigenvalue weighted by atomic mass is 10.2. The molecule has 6 heteroatoms. The number of methoxy groups -OCH3 is 2. The minimum absolute atomic E-state index is 0.0524. The van der Waals surface area contributed by atoms with Gasteiger partial charge in [-0.25, -0.2) is 0 Å². The lowest BCUT2D eigenvalue weighted by molar-refractivity contribution is 0.0591. The first-order valence-corrected chi connectivity index (χ1v) is 8.42. The molecular formula is C19H24N2O4. The summed E-state index contributed by atoms with van der Waals surface area (Å²) in [6.07, 6.45) is 0. The molecule has 0 atom stereocenters. The summed E-state index contributed by atoms with van der Waals surface area (Å²) >= 11 is 0. The number of hydrogen-bond acceptors (Lipinski definition) is 5. The molecule has 0 radical (unpaired) electrons. The third kappa shape index (κ3) is 4.41. The second kappa shape index (κ2) is 8.18. The molecule has 2 aromatic rings. The Kier molecular flexibility index (Phi) is 5.73. The molecule has 3 rings (SSSR count). The van der Waals surface area contributed by atoms with Crippen molar-refractivity contribution in [1.82, 2.24) is 9.80 Å². The summed E-state index contributed by atoms with van der Waals surface area (Å²) in [5.74, 6) is 1.87. The van der Waals surface area contributed by atoms with Crippen LogP contribution in [0.3, 0.4) is 0 Å². The van der Waals surface area contributed by atoms with E-state index < -0.39 is 0 Å². The fourth-order valence-corrected chi connectivity index (χ4v) is 3.01. The van der Waals surface area contributed by atoms with Gasteiger partial charge in [0.1, 0.15) is 18.1 Å². The van der Waals surface area contributed by atoms with Crippen LogP contribution < -0.4 is 4.74 Å². The van der Waals surface area contributed by atoms with Gasteiger partial charge in [0.05, 0.1) is 7.11 Å². The predicted molar refractivity (Wildman–Crippen MR) is 93.6 cm³/mol. The highest BCUT2D eigenvalue weighted by atomic mass is 16.5. The van der Waals surface area contributed by atoms with Crippen molar-refractivity contribution in [2.75, 3.05) is 40.4 Å². The number of furan rings is 1. The largest absolute Gasteiger partial charge is 0.497 e. The Labute approximate surface area is 147 Å². The van der Waals surface area contributed by atoms with Gasteiger partial charge in [-0.1, -0.05) is 12.1 Å². The Morgan fingerprint density at radius 2 is 1.92 bits per heavy atom. The van der Waals surface area contributed by atoms with Crippen molar-refractivity contribution in [2.45, 2.75) is 13.2 Å². The quantitative estimate of drug-likeness (QED) is 0.805. The van der Waals surface area contributed by atoms with E-state index in [-0.39, 0.29) is 5.91 Å². The van der Waals surface area contributed by atoms with Gasteiger partial charge in [0.2, 0.25) is 0 Å². The predicted octanol–water partition coefficient (Wildman–Crippen LogP) is 2.39. The Balaban J connectivity index is 1.53. The van der Waals surface area contributed by atoms with Crippen molar-refractivity contribution in [3.63, 3.8) is 0 Å². The summed E-state index contributed by atoms with van der Waals surface area (Å²) < 4.78 is 15.8. The molecule has 1 aromatic carbocycles. The Morgan fingerprint density at radius 1 is 1.12 bits per heavy atom. The average molecular weight is 344 g/mol. The molecule has 6 nitrogen and oxygen atoms in total. The van der Waals surface area contributed by atoms with Gasteiger partial charge in [-0.2, -0.15) is 0 Å². The number of carbonyl (C=O) groups excluding carboxylic acids is 1. The van der Waals surface area contributed by atoms with E-state index in [2.05, 4.69) is 17.0 Å². The van der Waals surface area contributed by atoms with Crippen LogP contribution in [-0.4, -0.2) is 56.1 Å². The van der Waals surface area contributed by atoms with Gasteiger partial charge < -0.3 is 18.8 Å². The van der Waals surface area contributed by atoms with Crippen LogP contribution in [0.2, 0.25) is 0 Å². The van der Waals surface area contributed by atoms with E-state index in [4.69, 9.17) is 13.9 Å². The summed E-state index contributed by atoms with van der Waals surface area (Å²) in [5.41, 5.74) is 1.22. The van der Waals surface area contributed by atoms with Gasteiger partial charge in [-0.3, -0.25) is 9.69 Å². The van der Waals surface area contributed by atoms with Crippen LogP contribution >= 0.6 is 0 Å². The SMILES string of the molecule is COCc1ccc(C(=O)N2CCN(Cc3cccc(OC)c3)CC2)o1. The lowest BCUT2D eigenvalue weighted by Crippen LogP contribution is -2.48. The topological polar surface area (TPSA) is 55.2 Å². The van der Waals surface area contributed by atoms with Crippen LogP contribution in [0.4, 0.5) is 0 Å². The summed E-state index contributed by atoms with van der Waals surface area (Å²) in [6.45, 7) is 4.31. The van der Waals surface area contributed by atoms with Crippen LogP contribution in [0.5, 0.6) is 5.75 Å². The molecule has 1 aliphatic heterocycles. The second-order valence-electron chi connectivity index (χ2n) is 6.12. The van der Waals surface area contributed by atoms with Crippen molar-refractivity contribution < 1.29 is 18.7 Å². The summed E-state index contributed by atoms with van der Waals surface area (Å²) in [6, 6.07) is 11.6. The van der Waals surface area contributed by atoms with Crippen LogP contribution in [-0.2, 0) is 17.9 Å². The number of nitrogens with zero attached hydrogens (tertiary/aromatic N) is 2. The van der Waals surface area contributed by atoms with Crippen LogP contribution in [0.1, 0.15) is 21.9 Å². The standard InChI is InChI=1S/C19H24N2O4/c1-23-14-17-6-7-18(25-17)19(22)21-10-8-20(9-11-21)13-15-4-3-5-16(12-15)24-2/h3-7,12H,8-11,13-14H2,1-2H3. The zero-order valence-electron chi connectivity index (χ0n) is 14.7. The zero-order chi connectivity index (χ0) is 17.6. The zero-order valence-corrected chi connectivity index (χ0v) is 14.7. The molecule has 1 aliphatic rings. The number of ether oxygens (including phenoxy) is 2. The van der Waals surface area contributed by atoms with E-state index in [1.165, 1.54) is 5.56 Å². The molecular weight excluding hydrogens is 320 g/mol. The first kappa shape index (κ1) is 17.5. The van der Waals surface area contributed by atoms with Crippen molar-refractivity contribution in [3.05, 3.63) is 53.5 Å². The van der Waals surface area contributed by atoms with Crippen LogP contribution in [0.15, 0.2) is 40.8 Å². The molecule has 25 heavy (non-hydrogen) atoms. The van der Waals surface area contributed by atoms with Gasteiger partial charge >= 0.3 is 0 Å². The maximum absolute atomic E-state index is 12.5. The Hall–Kier alpha value is -2.31. The Morgan fingerprint density at radius 3 is 2.64 bits per heavy atom. The van der Waals surface area contributed by atoms with Crippen LogP contribution in [0.25, 0.3) is 0 Å². The highest BCUT2D eigenvalue weighted by Crippen LogP contribution is 2.17. The molecule has 0 aliphatic carbocycles. The van der Waals surface area contributed by atoms with Crippen molar-refractivity contribution in [2.24, 2.45) is 0 Å². The highest BCUT2D eigenvalue weighted by molar-refractivity contribution is 5.91. The third-order valence-corrected chi connectivity index (χ3v) is 4.36. The monoisotopic (exact) mass is 344 g/mol. The maximum Gasteiger partial charge on any atom is 0.289 e. The summed E-state index contributed by atoms with van der Waals surface area (Å²) in [7, 11) is 3.28. The minimum Gasteiger partial charge on any atom is -0.497 e. The molecule has 0 unspecified atom stereocenters. The number of piperazine rings is 1. The van der Waals surface area contributed by atoms with Gasteiger partial charge in [0.25, 0.3) is 5.91 Å².